The first-order valence-electron chi connectivity index (χ1n) is 6.42. The molecule has 0 radical (unpaired) electrons. The molecule has 1 aliphatic carbocycles. The predicted molar refractivity (Wildman–Crippen MR) is 68.4 cm³/mol. The summed E-state index contributed by atoms with van der Waals surface area (Å²) in [6.45, 7) is 9.10. The molecule has 0 bridgehead atoms. The molecule has 1 fully saturated rings. The zero-order chi connectivity index (χ0) is 11.8. The van der Waals surface area contributed by atoms with Gasteiger partial charge < -0.3 is 4.74 Å². The van der Waals surface area contributed by atoms with Crippen molar-refractivity contribution in [2.24, 2.45) is 5.41 Å². The predicted octanol–water partition coefficient (Wildman–Crippen LogP) is 4.25. The van der Waals surface area contributed by atoms with Gasteiger partial charge >= 0.3 is 0 Å². The smallest absolute Gasteiger partial charge is 0.0923 e. The van der Waals surface area contributed by atoms with Crippen LogP contribution in [0.25, 0.3) is 0 Å². The zero-order valence-electron chi connectivity index (χ0n) is 11.0. The van der Waals surface area contributed by atoms with Crippen molar-refractivity contribution in [3.63, 3.8) is 0 Å². The third-order valence-corrected chi connectivity index (χ3v) is 3.89. The van der Waals surface area contributed by atoms with Crippen LogP contribution in [0.3, 0.4) is 0 Å². The summed E-state index contributed by atoms with van der Waals surface area (Å²) < 4.78 is 5.88. The molecule has 90 valence electrons. The summed E-state index contributed by atoms with van der Waals surface area (Å²) >= 11 is 0. The van der Waals surface area contributed by atoms with Gasteiger partial charge in [-0.1, -0.05) is 37.6 Å². The van der Waals surface area contributed by atoms with Crippen LogP contribution in [0, 0.1) is 5.41 Å². The second-order valence-electron chi connectivity index (χ2n) is 6.31. The second kappa shape index (κ2) is 4.03. The van der Waals surface area contributed by atoms with Crippen molar-refractivity contribution in [2.75, 3.05) is 0 Å². The van der Waals surface area contributed by atoms with Crippen LogP contribution in [0.4, 0.5) is 0 Å². The van der Waals surface area contributed by atoms with E-state index in [0.29, 0.717) is 6.10 Å². The molecule has 2 rings (SSSR count). The largest absolute Gasteiger partial charge is 0.366 e. The van der Waals surface area contributed by atoms with Gasteiger partial charge in [0.2, 0.25) is 0 Å². The van der Waals surface area contributed by atoms with Gasteiger partial charge in [-0.25, -0.2) is 0 Å². The van der Waals surface area contributed by atoms with Crippen LogP contribution in [0.5, 0.6) is 0 Å². The molecule has 1 nitrogen and oxygen atoms in total. The van der Waals surface area contributed by atoms with Crippen LogP contribution in [-0.2, 0) is 4.74 Å². The van der Waals surface area contributed by atoms with Crippen molar-refractivity contribution >= 4 is 0 Å². The lowest BCUT2D eigenvalue weighted by Gasteiger charge is -2.19. The van der Waals surface area contributed by atoms with Crippen LogP contribution < -0.4 is 0 Å². The highest BCUT2D eigenvalue weighted by Gasteiger charge is 2.52. The molecule has 0 N–H and O–H groups in total. The molecule has 16 heavy (non-hydrogen) atoms. The number of hydrogen-bond donors (Lipinski definition) is 0. The zero-order valence-corrected chi connectivity index (χ0v) is 11.0. The molecule has 0 aromatic heterocycles. The highest BCUT2D eigenvalue weighted by atomic mass is 16.6. The van der Waals surface area contributed by atoms with Crippen molar-refractivity contribution < 1.29 is 4.74 Å². The van der Waals surface area contributed by atoms with Crippen LogP contribution in [-0.4, -0.2) is 11.7 Å². The van der Waals surface area contributed by atoms with Gasteiger partial charge in [-0.15, -0.1) is 0 Å². The highest BCUT2D eigenvalue weighted by Crippen LogP contribution is 2.46. The van der Waals surface area contributed by atoms with Crippen LogP contribution in [0.15, 0.2) is 23.8 Å². The fourth-order valence-electron chi connectivity index (χ4n) is 2.57. The maximum Gasteiger partial charge on any atom is 0.0923 e. The summed E-state index contributed by atoms with van der Waals surface area (Å²) in [6.07, 6.45) is 12.1. The molecule has 0 amide bonds. The first-order chi connectivity index (χ1) is 7.41. The molecule has 1 saturated heterocycles. The molecule has 0 spiro atoms. The van der Waals surface area contributed by atoms with E-state index in [4.69, 9.17) is 4.74 Å². The minimum atomic E-state index is 0.159. The van der Waals surface area contributed by atoms with Gasteiger partial charge in [-0.2, -0.15) is 0 Å². The maximum atomic E-state index is 5.88. The number of fused-ring (bicyclic) bond motifs is 1. The fraction of sp³-hybridized carbons (Fsp3) is 0.733. The number of allylic oxidation sites excluding steroid dienone is 4. The quantitative estimate of drug-likeness (QED) is 0.439. The lowest BCUT2D eigenvalue weighted by molar-refractivity contribution is 0.280. The molecule has 0 saturated carbocycles. The Morgan fingerprint density at radius 3 is 2.81 bits per heavy atom. The van der Waals surface area contributed by atoms with E-state index >= 15 is 0 Å². The van der Waals surface area contributed by atoms with Gasteiger partial charge in [0.05, 0.1) is 11.7 Å². The topological polar surface area (TPSA) is 12.5 Å². The van der Waals surface area contributed by atoms with Gasteiger partial charge in [0.1, 0.15) is 0 Å². The third-order valence-electron chi connectivity index (χ3n) is 3.89. The minimum absolute atomic E-state index is 0.159. The summed E-state index contributed by atoms with van der Waals surface area (Å²) in [4.78, 5) is 0. The number of hydrogen-bond acceptors (Lipinski definition) is 1. The number of rotatable bonds is 0. The first-order valence-corrected chi connectivity index (χ1v) is 6.42. The van der Waals surface area contributed by atoms with E-state index in [9.17, 15) is 0 Å². The molecule has 2 aliphatic rings. The highest BCUT2D eigenvalue weighted by molar-refractivity contribution is 5.12. The molecule has 0 unspecified atom stereocenters. The van der Waals surface area contributed by atoms with Crippen molar-refractivity contribution in [3.8, 4) is 0 Å². The second-order valence-corrected chi connectivity index (χ2v) is 6.31. The third kappa shape index (κ3) is 2.76. The van der Waals surface area contributed by atoms with Crippen LogP contribution in [0.1, 0.15) is 53.4 Å². The number of ether oxygens (including phenoxy) is 1. The Morgan fingerprint density at radius 2 is 2.06 bits per heavy atom. The minimum Gasteiger partial charge on any atom is -0.366 e. The summed E-state index contributed by atoms with van der Waals surface area (Å²) in [5, 5.41) is 0. The standard InChI is InChI=1S/C15H24O/c1-12-7-5-9-14(2,3)11-13-15(4,16-13)10-6-8-12/h5,8-9,13H,6-7,10-11H2,1-4H3/b9-5+,12-8+/t13-,15-/m1/s1. The first kappa shape index (κ1) is 11.9. The molecular formula is C15H24O. The van der Waals surface area contributed by atoms with Crippen molar-refractivity contribution in [2.45, 2.75) is 65.1 Å². The Hall–Kier alpha value is -0.560. The van der Waals surface area contributed by atoms with E-state index in [2.05, 4.69) is 45.9 Å². The van der Waals surface area contributed by atoms with E-state index in [1.807, 2.05) is 0 Å². The molecule has 1 heterocycles. The lowest BCUT2D eigenvalue weighted by Crippen LogP contribution is -2.16. The van der Waals surface area contributed by atoms with Gasteiger partial charge in [-0.3, -0.25) is 0 Å². The lowest BCUT2D eigenvalue weighted by atomic mass is 9.84. The summed E-state index contributed by atoms with van der Waals surface area (Å²) in [7, 11) is 0. The van der Waals surface area contributed by atoms with Crippen LogP contribution >= 0.6 is 0 Å². The van der Waals surface area contributed by atoms with E-state index < -0.39 is 0 Å². The fourth-order valence-corrected chi connectivity index (χ4v) is 2.57. The monoisotopic (exact) mass is 220 g/mol. The molecular weight excluding hydrogens is 196 g/mol. The van der Waals surface area contributed by atoms with Crippen molar-refractivity contribution in [3.05, 3.63) is 23.8 Å². The van der Waals surface area contributed by atoms with Crippen molar-refractivity contribution in [1.29, 1.82) is 0 Å². The average Bonchev–Trinajstić information content (AvgIpc) is 2.73. The molecule has 2 atom stereocenters. The molecule has 1 heteroatoms. The SMILES string of the molecule is C/C1=C\CC[C@@]2(C)O[C@@H]2CC(C)(C)/C=C/C1. The van der Waals surface area contributed by atoms with Gasteiger partial charge in [0.15, 0.2) is 0 Å². The Balaban J connectivity index is 2.11. The summed E-state index contributed by atoms with van der Waals surface area (Å²) in [5.74, 6) is 0. The number of epoxide rings is 1. The molecule has 0 aromatic rings. The summed E-state index contributed by atoms with van der Waals surface area (Å²) in [5.41, 5.74) is 1.91. The Kier molecular flexibility index (Phi) is 3.00. The van der Waals surface area contributed by atoms with E-state index in [1.165, 1.54) is 12.0 Å². The Bertz CT molecular complexity index is 324. The van der Waals surface area contributed by atoms with E-state index in [0.717, 1.165) is 19.3 Å². The Morgan fingerprint density at radius 1 is 1.31 bits per heavy atom. The average molecular weight is 220 g/mol. The maximum absolute atomic E-state index is 5.88. The van der Waals surface area contributed by atoms with Gasteiger partial charge in [0.25, 0.3) is 0 Å². The summed E-state index contributed by atoms with van der Waals surface area (Å²) in [6, 6.07) is 0. The van der Waals surface area contributed by atoms with E-state index in [1.54, 1.807) is 0 Å². The normalized spacial score (nSPS) is 43.5. The van der Waals surface area contributed by atoms with Crippen molar-refractivity contribution in [1.82, 2.24) is 0 Å². The van der Waals surface area contributed by atoms with Crippen LogP contribution in [0.2, 0.25) is 0 Å². The van der Waals surface area contributed by atoms with Gasteiger partial charge in [0, 0.05) is 0 Å². The molecule has 1 aliphatic heterocycles. The van der Waals surface area contributed by atoms with Gasteiger partial charge in [-0.05, 0) is 44.9 Å². The van der Waals surface area contributed by atoms with E-state index in [-0.39, 0.29) is 11.0 Å². The Labute approximate surface area is 99.6 Å². The molecule has 0 aromatic carbocycles.